The molecule has 0 bridgehead atoms. The quantitative estimate of drug-likeness (QED) is 0.793. The monoisotopic (exact) mass is 308 g/mol. The van der Waals surface area contributed by atoms with Gasteiger partial charge in [0.2, 0.25) is 0 Å². The van der Waals surface area contributed by atoms with Gasteiger partial charge in [-0.05, 0) is 45.6 Å². The molecule has 0 aliphatic heterocycles. The third-order valence-corrected chi connectivity index (χ3v) is 3.37. The second-order valence-electron chi connectivity index (χ2n) is 4.03. The summed E-state index contributed by atoms with van der Waals surface area (Å²) >= 11 is 3.11. The number of rotatable bonds is 4. The lowest BCUT2D eigenvalue weighted by Gasteiger charge is -2.07. The number of ether oxygens (including phenoxy) is 1. The van der Waals surface area contributed by atoms with Crippen LogP contribution in [0.1, 0.15) is 18.1 Å². The van der Waals surface area contributed by atoms with E-state index in [1.165, 1.54) is 11.6 Å². The summed E-state index contributed by atoms with van der Waals surface area (Å²) in [6, 6.07) is 13.0. The van der Waals surface area contributed by atoms with Crippen LogP contribution in [0, 0.1) is 5.82 Å². The highest BCUT2D eigenvalue weighted by Crippen LogP contribution is 2.21. The van der Waals surface area contributed by atoms with Crippen molar-refractivity contribution in [3.63, 3.8) is 0 Å². The highest BCUT2D eigenvalue weighted by Gasteiger charge is 2.02. The van der Waals surface area contributed by atoms with Gasteiger partial charge in [0.05, 0.1) is 4.47 Å². The van der Waals surface area contributed by atoms with Crippen molar-refractivity contribution < 1.29 is 9.13 Å². The zero-order valence-corrected chi connectivity index (χ0v) is 11.7. The molecule has 2 aromatic rings. The highest BCUT2D eigenvalue weighted by molar-refractivity contribution is 9.10. The number of aryl methyl sites for hydroxylation is 1. The standard InChI is InChI=1S/C15H14BrFO/c1-2-11-3-5-12(6-4-11)10-18-13-7-8-14(16)15(17)9-13/h3-9H,2,10H2,1H3. The first kappa shape index (κ1) is 13.1. The van der Waals surface area contributed by atoms with Gasteiger partial charge in [0.25, 0.3) is 0 Å². The van der Waals surface area contributed by atoms with Crippen LogP contribution in [-0.4, -0.2) is 0 Å². The molecule has 0 spiro atoms. The van der Waals surface area contributed by atoms with Crippen molar-refractivity contribution in [2.75, 3.05) is 0 Å². The lowest BCUT2D eigenvalue weighted by atomic mass is 10.1. The molecule has 18 heavy (non-hydrogen) atoms. The fourth-order valence-electron chi connectivity index (χ4n) is 1.60. The van der Waals surface area contributed by atoms with E-state index in [2.05, 4.69) is 35.0 Å². The van der Waals surface area contributed by atoms with E-state index in [9.17, 15) is 4.39 Å². The third-order valence-electron chi connectivity index (χ3n) is 2.73. The van der Waals surface area contributed by atoms with Gasteiger partial charge in [-0.25, -0.2) is 4.39 Å². The van der Waals surface area contributed by atoms with Gasteiger partial charge >= 0.3 is 0 Å². The molecular formula is C15H14BrFO. The lowest BCUT2D eigenvalue weighted by Crippen LogP contribution is -1.96. The molecule has 0 aliphatic carbocycles. The van der Waals surface area contributed by atoms with E-state index < -0.39 is 0 Å². The van der Waals surface area contributed by atoms with E-state index in [4.69, 9.17) is 4.74 Å². The predicted molar refractivity (Wildman–Crippen MR) is 74.3 cm³/mol. The summed E-state index contributed by atoms with van der Waals surface area (Å²) in [5.74, 6) is 0.226. The average Bonchev–Trinajstić information content (AvgIpc) is 2.41. The molecule has 0 radical (unpaired) electrons. The zero-order valence-electron chi connectivity index (χ0n) is 10.1. The summed E-state index contributed by atoms with van der Waals surface area (Å²) in [7, 11) is 0. The van der Waals surface area contributed by atoms with Crippen molar-refractivity contribution in [1.29, 1.82) is 0 Å². The zero-order chi connectivity index (χ0) is 13.0. The molecule has 0 fully saturated rings. The molecule has 0 amide bonds. The van der Waals surface area contributed by atoms with Gasteiger partial charge in [-0.15, -0.1) is 0 Å². The molecule has 2 aromatic carbocycles. The normalized spacial score (nSPS) is 10.4. The second kappa shape index (κ2) is 6.01. The Morgan fingerprint density at radius 1 is 1.06 bits per heavy atom. The highest BCUT2D eigenvalue weighted by atomic mass is 79.9. The maximum atomic E-state index is 13.3. The van der Waals surface area contributed by atoms with Crippen molar-refractivity contribution in [3.8, 4) is 5.75 Å². The van der Waals surface area contributed by atoms with Gasteiger partial charge in [0, 0.05) is 6.07 Å². The van der Waals surface area contributed by atoms with Crippen LogP contribution >= 0.6 is 15.9 Å². The van der Waals surface area contributed by atoms with Gasteiger partial charge in [-0.2, -0.15) is 0 Å². The minimum atomic E-state index is -0.311. The molecular weight excluding hydrogens is 295 g/mol. The summed E-state index contributed by atoms with van der Waals surface area (Å²) in [5.41, 5.74) is 2.38. The van der Waals surface area contributed by atoms with E-state index in [1.54, 1.807) is 12.1 Å². The smallest absolute Gasteiger partial charge is 0.141 e. The molecule has 0 unspecified atom stereocenters. The number of hydrogen-bond acceptors (Lipinski definition) is 1. The van der Waals surface area contributed by atoms with Gasteiger partial charge in [-0.3, -0.25) is 0 Å². The predicted octanol–water partition coefficient (Wildman–Crippen LogP) is 4.73. The molecule has 3 heteroatoms. The summed E-state index contributed by atoms with van der Waals surface area (Å²) in [4.78, 5) is 0. The van der Waals surface area contributed by atoms with Crippen molar-refractivity contribution in [3.05, 3.63) is 63.9 Å². The first-order valence-corrected chi connectivity index (χ1v) is 6.64. The van der Waals surface area contributed by atoms with Crippen LogP contribution in [0.4, 0.5) is 4.39 Å². The number of halogens is 2. The molecule has 0 heterocycles. The first-order chi connectivity index (χ1) is 8.69. The summed E-state index contributed by atoms with van der Waals surface area (Å²) in [6.45, 7) is 2.57. The van der Waals surface area contributed by atoms with Crippen molar-refractivity contribution in [1.82, 2.24) is 0 Å². The van der Waals surface area contributed by atoms with Crippen LogP contribution in [-0.2, 0) is 13.0 Å². The van der Waals surface area contributed by atoms with Crippen molar-refractivity contribution in [2.45, 2.75) is 20.0 Å². The SMILES string of the molecule is CCc1ccc(COc2ccc(Br)c(F)c2)cc1. The van der Waals surface area contributed by atoms with Gasteiger partial charge in [0.1, 0.15) is 18.2 Å². The Kier molecular flexibility index (Phi) is 4.37. The molecule has 0 atom stereocenters. The van der Waals surface area contributed by atoms with Crippen LogP contribution in [0.2, 0.25) is 0 Å². The third kappa shape index (κ3) is 3.33. The largest absolute Gasteiger partial charge is 0.489 e. The van der Waals surface area contributed by atoms with Crippen LogP contribution in [0.15, 0.2) is 46.9 Å². The van der Waals surface area contributed by atoms with Crippen LogP contribution < -0.4 is 4.74 Å². The van der Waals surface area contributed by atoms with Gasteiger partial charge in [-0.1, -0.05) is 31.2 Å². The Labute approximate surface area is 115 Å². The number of hydrogen-bond donors (Lipinski definition) is 0. The fraction of sp³-hybridized carbons (Fsp3) is 0.200. The van der Waals surface area contributed by atoms with Crippen LogP contribution in [0.3, 0.4) is 0 Å². The Morgan fingerprint density at radius 2 is 1.72 bits per heavy atom. The topological polar surface area (TPSA) is 9.23 Å². The second-order valence-corrected chi connectivity index (χ2v) is 4.89. The van der Waals surface area contributed by atoms with E-state index in [-0.39, 0.29) is 5.82 Å². The summed E-state index contributed by atoms with van der Waals surface area (Å²) in [6.07, 6.45) is 1.03. The maximum Gasteiger partial charge on any atom is 0.141 e. The summed E-state index contributed by atoms with van der Waals surface area (Å²) in [5, 5.41) is 0. The molecule has 0 aromatic heterocycles. The molecule has 0 saturated heterocycles. The Morgan fingerprint density at radius 3 is 2.33 bits per heavy atom. The van der Waals surface area contributed by atoms with E-state index in [0.29, 0.717) is 16.8 Å². The van der Waals surface area contributed by atoms with E-state index in [0.717, 1.165) is 12.0 Å². The minimum Gasteiger partial charge on any atom is -0.489 e. The molecule has 0 N–H and O–H groups in total. The molecule has 0 saturated carbocycles. The number of benzene rings is 2. The maximum absolute atomic E-state index is 13.3. The Balaban J connectivity index is 1.99. The Hall–Kier alpha value is -1.35. The van der Waals surface area contributed by atoms with Crippen LogP contribution in [0.5, 0.6) is 5.75 Å². The van der Waals surface area contributed by atoms with Crippen molar-refractivity contribution >= 4 is 15.9 Å². The summed E-state index contributed by atoms with van der Waals surface area (Å²) < 4.78 is 19.3. The van der Waals surface area contributed by atoms with Gasteiger partial charge in [0.15, 0.2) is 0 Å². The fourth-order valence-corrected chi connectivity index (χ4v) is 1.85. The van der Waals surface area contributed by atoms with E-state index >= 15 is 0 Å². The molecule has 1 nitrogen and oxygen atoms in total. The molecule has 0 aliphatic rings. The van der Waals surface area contributed by atoms with Gasteiger partial charge < -0.3 is 4.74 Å². The first-order valence-electron chi connectivity index (χ1n) is 5.84. The van der Waals surface area contributed by atoms with E-state index in [1.807, 2.05) is 12.1 Å². The lowest BCUT2D eigenvalue weighted by molar-refractivity contribution is 0.304. The minimum absolute atomic E-state index is 0.311. The Bertz CT molecular complexity index is 523. The van der Waals surface area contributed by atoms with Crippen molar-refractivity contribution in [2.24, 2.45) is 0 Å². The molecule has 94 valence electrons. The average molecular weight is 309 g/mol. The van der Waals surface area contributed by atoms with Crippen LogP contribution in [0.25, 0.3) is 0 Å². The molecule has 2 rings (SSSR count).